The second-order valence-corrected chi connectivity index (χ2v) is 14.3. The lowest BCUT2D eigenvalue weighted by atomic mass is 10.0. The Morgan fingerprint density at radius 3 is 2.15 bits per heavy atom. The number of benzene rings is 1. The first-order valence-corrected chi connectivity index (χ1v) is 12.6. The minimum absolute atomic E-state index is 0.0268. The van der Waals surface area contributed by atoms with Crippen molar-refractivity contribution in [2.75, 3.05) is 0 Å². The van der Waals surface area contributed by atoms with E-state index >= 15 is 0 Å². The number of nitrogens with one attached hydrogen (secondary N) is 1. The van der Waals surface area contributed by atoms with Gasteiger partial charge in [0, 0.05) is 18.1 Å². The van der Waals surface area contributed by atoms with Gasteiger partial charge >= 0.3 is 0 Å². The van der Waals surface area contributed by atoms with Gasteiger partial charge in [0.1, 0.15) is 8.07 Å². The van der Waals surface area contributed by atoms with Crippen LogP contribution in [0.25, 0.3) is 5.70 Å². The molecule has 1 aliphatic rings. The second kappa shape index (κ2) is 8.93. The summed E-state index contributed by atoms with van der Waals surface area (Å²) in [6, 6.07) is 8.41. The number of hydrogen-bond acceptors (Lipinski definition) is 1. The van der Waals surface area contributed by atoms with E-state index in [9.17, 15) is 4.79 Å². The van der Waals surface area contributed by atoms with Crippen molar-refractivity contribution in [2.24, 2.45) is 0 Å². The summed E-state index contributed by atoms with van der Waals surface area (Å²) < 4.78 is 0. The fourth-order valence-electron chi connectivity index (χ4n) is 4.79. The molecular formula is C24H35NOSi. The highest BCUT2D eigenvalue weighted by Crippen LogP contribution is 2.41. The van der Waals surface area contributed by atoms with E-state index in [2.05, 4.69) is 76.5 Å². The molecule has 1 amide bonds. The van der Waals surface area contributed by atoms with Crippen molar-refractivity contribution in [3.05, 3.63) is 41.0 Å². The monoisotopic (exact) mass is 381 g/mol. The van der Waals surface area contributed by atoms with Gasteiger partial charge in [0.2, 0.25) is 5.91 Å². The summed E-state index contributed by atoms with van der Waals surface area (Å²) in [5, 5.41) is 3.11. The van der Waals surface area contributed by atoms with E-state index in [1.165, 1.54) is 5.56 Å². The molecule has 1 aromatic carbocycles. The van der Waals surface area contributed by atoms with Gasteiger partial charge in [-0.3, -0.25) is 4.79 Å². The first kappa shape index (κ1) is 21.5. The topological polar surface area (TPSA) is 29.1 Å². The number of carbonyl (C=O) groups is 1. The van der Waals surface area contributed by atoms with Crippen LogP contribution in [0.2, 0.25) is 16.6 Å². The molecule has 0 aromatic heterocycles. The first-order valence-electron chi connectivity index (χ1n) is 10.3. The first-order chi connectivity index (χ1) is 12.7. The second-order valence-electron chi connectivity index (χ2n) is 8.69. The third-order valence-corrected chi connectivity index (χ3v) is 12.3. The van der Waals surface area contributed by atoms with Gasteiger partial charge in [-0.1, -0.05) is 71.7 Å². The summed E-state index contributed by atoms with van der Waals surface area (Å²) >= 11 is 0. The third-order valence-electron chi connectivity index (χ3n) is 6.06. The Kier molecular flexibility index (Phi) is 7.11. The number of allylic oxidation sites excluding steroid dienone is 1. The molecular weight excluding hydrogens is 346 g/mol. The van der Waals surface area contributed by atoms with Gasteiger partial charge in [-0.2, -0.15) is 0 Å². The van der Waals surface area contributed by atoms with Gasteiger partial charge in [-0.25, -0.2) is 0 Å². The van der Waals surface area contributed by atoms with Gasteiger partial charge < -0.3 is 5.32 Å². The molecule has 0 saturated carbocycles. The molecule has 1 aromatic rings. The summed E-state index contributed by atoms with van der Waals surface area (Å²) in [4.78, 5) is 11.9. The molecule has 0 radical (unpaired) electrons. The molecule has 1 N–H and O–H groups in total. The molecule has 0 fully saturated rings. The number of rotatable bonds is 4. The third kappa shape index (κ3) is 4.55. The molecule has 3 heteroatoms. The van der Waals surface area contributed by atoms with Crippen LogP contribution in [0.5, 0.6) is 0 Å². The van der Waals surface area contributed by atoms with Crippen LogP contribution in [-0.2, 0) is 11.2 Å². The average Bonchev–Trinajstić information content (AvgIpc) is 2.74. The largest absolute Gasteiger partial charge is 0.325 e. The lowest BCUT2D eigenvalue weighted by Crippen LogP contribution is -2.43. The molecule has 0 atom stereocenters. The average molecular weight is 382 g/mol. The summed E-state index contributed by atoms with van der Waals surface area (Å²) in [5.41, 5.74) is 10.1. The molecule has 0 bridgehead atoms. The number of hydrogen-bond donors (Lipinski definition) is 1. The predicted molar refractivity (Wildman–Crippen MR) is 119 cm³/mol. The van der Waals surface area contributed by atoms with E-state index in [0.717, 1.165) is 36.1 Å². The van der Waals surface area contributed by atoms with Crippen LogP contribution in [0.1, 0.15) is 72.4 Å². The number of carbonyl (C=O) groups excluding carboxylic acids is 1. The highest BCUT2D eigenvalue weighted by Gasteiger charge is 2.41. The minimum Gasteiger partial charge on any atom is -0.325 e. The standard InChI is InChI=1S/C24H35NOSi/c1-17(2)27(18(3)4,19(5)6)16-15-22-13-10-12-21-11-8-9-14-23(21)24(22)25-20(7)26/h8-9,11,14,17-19H,10,12-13H2,1-7H3,(H,25,26). The van der Waals surface area contributed by atoms with Crippen molar-refractivity contribution in [1.29, 1.82) is 0 Å². The molecule has 2 rings (SSSR count). The Labute approximate surface area is 166 Å². The van der Waals surface area contributed by atoms with Crippen molar-refractivity contribution in [3.63, 3.8) is 0 Å². The van der Waals surface area contributed by atoms with E-state index < -0.39 is 8.07 Å². The van der Waals surface area contributed by atoms with Gasteiger partial charge in [0.15, 0.2) is 0 Å². The molecule has 0 heterocycles. The Balaban J connectivity index is 2.65. The molecule has 0 aliphatic heterocycles. The van der Waals surface area contributed by atoms with Gasteiger partial charge in [-0.05, 0) is 41.4 Å². The van der Waals surface area contributed by atoms with Crippen molar-refractivity contribution < 1.29 is 4.79 Å². The quantitative estimate of drug-likeness (QED) is 0.496. The maximum absolute atomic E-state index is 11.9. The van der Waals surface area contributed by atoms with E-state index in [1.807, 2.05) is 6.07 Å². The zero-order valence-corrected chi connectivity index (χ0v) is 19.1. The molecule has 0 saturated heterocycles. The van der Waals surface area contributed by atoms with Crippen molar-refractivity contribution >= 4 is 19.7 Å². The number of fused-ring (bicyclic) bond motifs is 1. The Hall–Kier alpha value is -1.79. The molecule has 0 spiro atoms. The zero-order chi connectivity index (χ0) is 20.2. The maximum atomic E-state index is 11.9. The molecule has 1 aliphatic carbocycles. The predicted octanol–water partition coefficient (Wildman–Crippen LogP) is 6.09. The normalized spacial score (nSPS) is 14.7. The van der Waals surface area contributed by atoms with Gasteiger partial charge in [0.05, 0.1) is 5.70 Å². The highest BCUT2D eigenvalue weighted by molar-refractivity contribution is 6.90. The molecule has 27 heavy (non-hydrogen) atoms. The van der Waals surface area contributed by atoms with Crippen molar-refractivity contribution in [2.45, 2.75) is 84.4 Å². The Morgan fingerprint density at radius 1 is 1.00 bits per heavy atom. The van der Waals surface area contributed by atoms with E-state index in [4.69, 9.17) is 0 Å². The van der Waals surface area contributed by atoms with Crippen LogP contribution in [0.15, 0.2) is 29.8 Å². The van der Waals surface area contributed by atoms with E-state index in [-0.39, 0.29) is 5.91 Å². The lowest BCUT2D eigenvalue weighted by Gasteiger charge is -2.38. The Bertz CT molecular complexity index is 755. The number of aryl methyl sites for hydroxylation is 1. The molecule has 2 nitrogen and oxygen atoms in total. The van der Waals surface area contributed by atoms with Gasteiger partial charge in [-0.15, -0.1) is 5.54 Å². The summed E-state index contributed by atoms with van der Waals surface area (Å²) in [6.45, 7) is 15.6. The van der Waals surface area contributed by atoms with E-state index in [0.29, 0.717) is 16.6 Å². The smallest absolute Gasteiger partial charge is 0.221 e. The number of amides is 1. The van der Waals surface area contributed by atoms with Crippen molar-refractivity contribution in [3.8, 4) is 11.5 Å². The molecule has 146 valence electrons. The van der Waals surface area contributed by atoms with Crippen molar-refractivity contribution in [1.82, 2.24) is 5.32 Å². The fourth-order valence-corrected chi connectivity index (χ4v) is 10.0. The Morgan fingerprint density at radius 2 is 1.59 bits per heavy atom. The van der Waals surface area contributed by atoms with Crippen LogP contribution in [0.3, 0.4) is 0 Å². The highest BCUT2D eigenvalue weighted by atomic mass is 28.3. The SMILES string of the molecule is CC(=O)NC1=C(C#C[Si](C(C)C)(C(C)C)C(C)C)CCCc2ccccc21. The lowest BCUT2D eigenvalue weighted by molar-refractivity contribution is -0.117. The van der Waals surface area contributed by atoms with E-state index in [1.54, 1.807) is 6.92 Å². The molecule has 0 unspecified atom stereocenters. The summed E-state index contributed by atoms with van der Waals surface area (Å²) in [7, 11) is -1.80. The van der Waals surface area contributed by atoms with Crippen LogP contribution >= 0.6 is 0 Å². The zero-order valence-electron chi connectivity index (χ0n) is 18.1. The van der Waals surface area contributed by atoms with Crippen LogP contribution < -0.4 is 5.32 Å². The van der Waals surface area contributed by atoms with Crippen LogP contribution in [0, 0.1) is 11.5 Å². The summed E-state index contributed by atoms with van der Waals surface area (Å²) in [6.07, 6.45) is 3.03. The van der Waals surface area contributed by atoms with Gasteiger partial charge in [0.25, 0.3) is 0 Å². The fraction of sp³-hybridized carbons (Fsp3) is 0.542. The van der Waals surface area contributed by atoms with Crippen LogP contribution in [-0.4, -0.2) is 14.0 Å². The maximum Gasteiger partial charge on any atom is 0.221 e. The minimum atomic E-state index is -1.80. The van der Waals surface area contributed by atoms with Crippen LogP contribution in [0.4, 0.5) is 0 Å². The summed E-state index contributed by atoms with van der Waals surface area (Å²) in [5.74, 6) is 3.59.